The number of carbonyl (C=O) groups is 2. The number of rotatable bonds is 7. The van der Waals surface area contributed by atoms with E-state index >= 15 is 0 Å². The number of benzene rings is 3. The molecular formula is C28H29Cl2N3O4S. The van der Waals surface area contributed by atoms with Crippen molar-refractivity contribution in [3.63, 3.8) is 0 Å². The molecule has 1 saturated heterocycles. The normalized spacial score (nSPS) is 14.0. The molecule has 7 nitrogen and oxygen atoms in total. The fourth-order valence-electron chi connectivity index (χ4n) is 4.41. The van der Waals surface area contributed by atoms with Gasteiger partial charge < -0.3 is 10.2 Å². The molecule has 10 heteroatoms. The minimum Gasteiger partial charge on any atom is -0.339 e. The van der Waals surface area contributed by atoms with Gasteiger partial charge in [-0.1, -0.05) is 66.4 Å². The van der Waals surface area contributed by atoms with Crippen LogP contribution in [0.4, 0.5) is 11.4 Å². The first kappa shape index (κ1) is 28.0. The van der Waals surface area contributed by atoms with E-state index in [4.69, 9.17) is 23.2 Å². The summed E-state index contributed by atoms with van der Waals surface area (Å²) in [5, 5.41) is 3.25. The molecule has 4 rings (SSSR count). The summed E-state index contributed by atoms with van der Waals surface area (Å²) in [7, 11) is -3.67. The lowest BCUT2D eigenvalue weighted by molar-refractivity contribution is 0.0762. The zero-order chi connectivity index (χ0) is 27.3. The summed E-state index contributed by atoms with van der Waals surface area (Å²) in [5.41, 5.74) is 2.21. The lowest BCUT2D eigenvalue weighted by atomic mass is 10.1. The number of anilines is 2. The van der Waals surface area contributed by atoms with E-state index < -0.39 is 10.0 Å². The summed E-state index contributed by atoms with van der Waals surface area (Å²) >= 11 is 12.4. The van der Waals surface area contributed by atoms with Crippen molar-refractivity contribution in [2.45, 2.75) is 32.2 Å². The van der Waals surface area contributed by atoms with E-state index in [1.807, 2.05) is 4.90 Å². The Bertz CT molecular complexity index is 1420. The van der Waals surface area contributed by atoms with Crippen molar-refractivity contribution in [2.75, 3.05) is 29.0 Å². The van der Waals surface area contributed by atoms with Crippen LogP contribution in [0.3, 0.4) is 0 Å². The van der Waals surface area contributed by atoms with E-state index in [-0.39, 0.29) is 34.1 Å². The number of hydrogen-bond donors (Lipinski definition) is 1. The van der Waals surface area contributed by atoms with E-state index in [2.05, 4.69) is 5.32 Å². The molecule has 0 spiro atoms. The molecule has 0 aliphatic carbocycles. The van der Waals surface area contributed by atoms with Gasteiger partial charge in [-0.15, -0.1) is 0 Å². The van der Waals surface area contributed by atoms with Gasteiger partial charge in [0.2, 0.25) is 10.0 Å². The number of para-hydroxylation sites is 1. The second kappa shape index (κ2) is 12.2. The van der Waals surface area contributed by atoms with Crippen LogP contribution in [-0.4, -0.2) is 44.5 Å². The molecule has 1 heterocycles. The van der Waals surface area contributed by atoms with Crippen LogP contribution in [0.2, 0.25) is 10.0 Å². The molecule has 200 valence electrons. The van der Waals surface area contributed by atoms with Crippen molar-refractivity contribution in [3.8, 4) is 0 Å². The Kier molecular flexibility index (Phi) is 8.97. The van der Waals surface area contributed by atoms with Gasteiger partial charge in [-0.2, -0.15) is 0 Å². The summed E-state index contributed by atoms with van der Waals surface area (Å²) in [4.78, 5) is 28.1. The van der Waals surface area contributed by atoms with Crippen molar-refractivity contribution in [1.82, 2.24) is 4.90 Å². The zero-order valence-electron chi connectivity index (χ0n) is 21.0. The van der Waals surface area contributed by atoms with Crippen LogP contribution in [0, 0.1) is 0 Å². The van der Waals surface area contributed by atoms with Gasteiger partial charge in [0.1, 0.15) is 0 Å². The quantitative estimate of drug-likeness (QED) is 0.363. The number of likely N-dealkylation sites (tertiary alicyclic amines) is 1. The van der Waals surface area contributed by atoms with Crippen LogP contribution in [0.1, 0.15) is 52.0 Å². The highest BCUT2D eigenvalue weighted by molar-refractivity contribution is 7.92. The summed E-state index contributed by atoms with van der Waals surface area (Å²) < 4.78 is 26.2. The van der Waals surface area contributed by atoms with Crippen LogP contribution < -0.4 is 9.62 Å². The van der Waals surface area contributed by atoms with Crippen LogP contribution in [0.15, 0.2) is 66.7 Å². The average molecular weight is 575 g/mol. The molecule has 3 aromatic carbocycles. The second-order valence-corrected chi connectivity index (χ2v) is 11.9. The van der Waals surface area contributed by atoms with Crippen LogP contribution in [0.5, 0.6) is 0 Å². The molecule has 1 aliphatic heterocycles. The maximum atomic E-state index is 13.2. The fourth-order valence-corrected chi connectivity index (χ4v) is 5.75. The molecule has 0 unspecified atom stereocenters. The van der Waals surface area contributed by atoms with E-state index in [0.717, 1.165) is 31.9 Å². The van der Waals surface area contributed by atoms with Gasteiger partial charge in [-0.25, -0.2) is 8.42 Å². The smallest absolute Gasteiger partial charge is 0.255 e. The predicted octanol–water partition coefficient (Wildman–Crippen LogP) is 6.23. The van der Waals surface area contributed by atoms with Gasteiger partial charge in [0.05, 0.1) is 39.8 Å². The molecule has 38 heavy (non-hydrogen) atoms. The number of nitrogens with one attached hydrogen (secondary N) is 1. The monoisotopic (exact) mass is 573 g/mol. The zero-order valence-corrected chi connectivity index (χ0v) is 23.3. The molecule has 3 aromatic rings. The summed E-state index contributed by atoms with van der Waals surface area (Å²) in [5.74, 6) is -0.454. The first-order valence-corrected chi connectivity index (χ1v) is 15.0. The molecular weight excluding hydrogens is 545 g/mol. The van der Waals surface area contributed by atoms with Gasteiger partial charge in [0, 0.05) is 18.7 Å². The van der Waals surface area contributed by atoms with Gasteiger partial charge in [0.25, 0.3) is 11.8 Å². The molecule has 2 amide bonds. The predicted molar refractivity (Wildman–Crippen MR) is 153 cm³/mol. The fraction of sp³-hybridized carbons (Fsp3) is 0.286. The SMILES string of the molecule is CS(=O)(=O)N(Cc1ccc(C(=O)Nc2ccccc2C(=O)N2CCCCCC2)cc1)c1cccc(Cl)c1Cl. The van der Waals surface area contributed by atoms with Crippen molar-refractivity contribution >= 4 is 56.4 Å². The first-order chi connectivity index (χ1) is 18.1. The van der Waals surface area contributed by atoms with Crippen molar-refractivity contribution in [1.29, 1.82) is 0 Å². The Morgan fingerprint density at radius 1 is 0.895 bits per heavy atom. The highest BCUT2D eigenvalue weighted by Crippen LogP contribution is 2.34. The Balaban J connectivity index is 1.50. The van der Waals surface area contributed by atoms with Gasteiger partial charge in [-0.05, 0) is 54.8 Å². The third-order valence-corrected chi connectivity index (χ3v) is 8.38. The highest BCUT2D eigenvalue weighted by Gasteiger charge is 2.23. The van der Waals surface area contributed by atoms with Crippen LogP contribution in [-0.2, 0) is 16.6 Å². The van der Waals surface area contributed by atoms with Crippen molar-refractivity contribution < 1.29 is 18.0 Å². The minimum absolute atomic E-state index is 0.00790. The molecule has 0 atom stereocenters. The number of nitrogens with zero attached hydrogens (tertiary/aromatic N) is 2. The van der Waals surface area contributed by atoms with E-state index in [0.29, 0.717) is 35.5 Å². The molecule has 0 radical (unpaired) electrons. The molecule has 1 N–H and O–H groups in total. The largest absolute Gasteiger partial charge is 0.339 e. The maximum Gasteiger partial charge on any atom is 0.255 e. The third-order valence-electron chi connectivity index (χ3n) is 6.44. The molecule has 1 fully saturated rings. The molecule has 1 aliphatic rings. The number of amides is 2. The average Bonchev–Trinajstić information content (AvgIpc) is 3.18. The van der Waals surface area contributed by atoms with Gasteiger partial charge in [0.15, 0.2) is 0 Å². The lowest BCUT2D eigenvalue weighted by Crippen LogP contribution is -2.32. The Morgan fingerprint density at radius 2 is 1.55 bits per heavy atom. The van der Waals surface area contributed by atoms with Crippen molar-refractivity contribution in [3.05, 3.63) is 93.5 Å². The molecule has 0 bridgehead atoms. The number of halogens is 2. The molecule has 0 aromatic heterocycles. The van der Waals surface area contributed by atoms with Crippen LogP contribution in [0.25, 0.3) is 0 Å². The van der Waals surface area contributed by atoms with Gasteiger partial charge >= 0.3 is 0 Å². The van der Waals surface area contributed by atoms with Gasteiger partial charge in [-0.3, -0.25) is 13.9 Å². The van der Waals surface area contributed by atoms with E-state index in [9.17, 15) is 18.0 Å². The number of sulfonamides is 1. The summed E-state index contributed by atoms with van der Waals surface area (Å²) in [6.45, 7) is 1.44. The van der Waals surface area contributed by atoms with E-state index in [1.165, 1.54) is 4.31 Å². The van der Waals surface area contributed by atoms with Crippen molar-refractivity contribution in [2.24, 2.45) is 0 Å². The van der Waals surface area contributed by atoms with E-state index in [1.54, 1.807) is 66.7 Å². The highest BCUT2D eigenvalue weighted by atomic mass is 35.5. The Morgan fingerprint density at radius 3 is 2.21 bits per heavy atom. The number of carbonyl (C=O) groups excluding carboxylic acids is 2. The summed E-state index contributed by atoms with van der Waals surface area (Å²) in [6.07, 6.45) is 5.29. The maximum absolute atomic E-state index is 13.2. The minimum atomic E-state index is -3.67. The molecule has 0 saturated carbocycles. The van der Waals surface area contributed by atoms with Crippen LogP contribution >= 0.6 is 23.2 Å². The topological polar surface area (TPSA) is 86.8 Å². The standard InChI is InChI=1S/C28H29Cl2N3O4S/c1-38(36,37)33(25-12-8-10-23(29)26(25)30)19-20-13-15-21(16-14-20)27(34)31-24-11-5-4-9-22(24)28(35)32-17-6-2-3-7-18-32/h4-5,8-16H,2-3,6-7,17-19H2,1H3,(H,31,34). The summed E-state index contributed by atoms with van der Waals surface area (Å²) in [6, 6.07) is 18.4. The third kappa shape index (κ3) is 6.67. The first-order valence-electron chi connectivity index (χ1n) is 12.4. The number of hydrogen-bond acceptors (Lipinski definition) is 4. The Labute approximate surface area is 233 Å². The Hall–Kier alpha value is -3.07. The lowest BCUT2D eigenvalue weighted by Gasteiger charge is -2.24. The second-order valence-electron chi connectivity index (χ2n) is 9.25.